The standard InChI is InChI=1S/C15H18N2O3S/c1-15(14(16)18,10-9-12-6-3-2-4-7-12)21(19,20)13-8-5-11-17-13/h2-8,11,17H,9-10H2,1H3,(H2,16,18). The van der Waals surface area contributed by atoms with Crippen LogP contribution in [0.5, 0.6) is 0 Å². The van der Waals surface area contributed by atoms with E-state index >= 15 is 0 Å². The molecule has 1 heterocycles. The molecule has 3 N–H and O–H groups in total. The Bertz CT molecular complexity index is 709. The molecule has 0 bridgehead atoms. The number of H-pyrrole nitrogens is 1. The van der Waals surface area contributed by atoms with Gasteiger partial charge in [0, 0.05) is 6.20 Å². The average molecular weight is 306 g/mol. The molecule has 2 rings (SSSR count). The fraction of sp³-hybridized carbons (Fsp3) is 0.267. The molecule has 21 heavy (non-hydrogen) atoms. The summed E-state index contributed by atoms with van der Waals surface area (Å²) in [7, 11) is -3.86. The molecule has 2 aromatic rings. The maximum atomic E-state index is 12.6. The maximum Gasteiger partial charge on any atom is 0.239 e. The Morgan fingerprint density at radius 1 is 1.19 bits per heavy atom. The lowest BCUT2D eigenvalue weighted by Crippen LogP contribution is -2.48. The Hall–Kier alpha value is -2.08. The first-order valence-electron chi connectivity index (χ1n) is 6.60. The van der Waals surface area contributed by atoms with Crippen LogP contribution >= 0.6 is 0 Å². The first-order valence-corrected chi connectivity index (χ1v) is 8.08. The zero-order chi connectivity index (χ0) is 15.5. The van der Waals surface area contributed by atoms with Crippen molar-refractivity contribution in [2.45, 2.75) is 29.5 Å². The maximum absolute atomic E-state index is 12.6. The molecule has 0 fully saturated rings. The van der Waals surface area contributed by atoms with Crippen molar-refractivity contribution in [2.75, 3.05) is 0 Å². The molecule has 0 saturated heterocycles. The summed E-state index contributed by atoms with van der Waals surface area (Å²) in [6, 6.07) is 12.4. The second-order valence-corrected chi connectivity index (χ2v) is 7.47. The van der Waals surface area contributed by atoms with E-state index < -0.39 is 20.5 Å². The third-order valence-electron chi connectivity index (χ3n) is 3.71. The summed E-state index contributed by atoms with van der Waals surface area (Å²) in [5.41, 5.74) is 6.36. The van der Waals surface area contributed by atoms with Crippen molar-refractivity contribution < 1.29 is 13.2 Å². The summed E-state index contributed by atoms with van der Waals surface area (Å²) < 4.78 is 23.6. The third kappa shape index (κ3) is 2.85. The molecule has 1 aromatic carbocycles. The van der Waals surface area contributed by atoms with Gasteiger partial charge in [-0.1, -0.05) is 30.3 Å². The molecule has 0 spiro atoms. The quantitative estimate of drug-likeness (QED) is 0.850. The minimum Gasteiger partial charge on any atom is -0.368 e. The number of aromatic nitrogens is 1. The number of hydrogen-bond donors (Lipinski definition) is 2. The predicted molar refractivity (Wildman–Crippen MR) is 80.3 cm³/mol. The Labute approximate surface area is 124 Å². The number of sulfone groups is 1. The summed E-state index contributed by atoms with van der Waals surface area (Å²) in [6.45, 7) is 1.38. The van der Waals surface area contributed by atoms with Crippen molar-refractivity contribution in [1.82, 2.24) is 4.98 Å². The van der Waals surface area contributed by atoms with Crippen LogP contribution in [0.2, 0.25) is 0 Å². The van der Waals surface area contributed by atoms with Gasteiger partial charge >= 0.3 is 0 Å². The molecule has 112 valence electrons. The number of nitrogens with one attached hydrogen (secondary N) is 1. The minimum absolute atomic E-state index is 0.0110. The molecule has 5 nitrogen and oxygen atoms in total. The lowest BCUT2D eigenvalue weighted by atomic mass is 10.00. The molecule has 1 amide bonds. The Balaban J connectivity index is 2.31. The first-order chi connectivity index (χ1) is 9.88. The number of amides is 1. The molecule has 0 aliphatic rings. The Morgan fingerprint density at radius 2 is 1.86 bits per heavy atom. The normalized spacial score (nSPS) is 14.5. The summed E-state index contributed by atoms with van der Waals surface area (Å²) in [6.07, 6.45) is 2.10. The highest BCUT2D eigenvalue weighted by atomic mass is 32.2. The number of aromatic amines is 1. The summed E-state index contributed by atoms with van der Waals surface area (Å²) in [5.74, 6) is -0.840. The lowest BCUT2D eigenvalue weighted by Gasteiger charge is -2.25. The van der Waals surface area contributed by atoms with E-state index in [0.717, 1.165) is 5.56 Å². The van der Waals surface area contributed by atoms with Crippen LogP contribution < -0.4 is 5.73 Å². The number of benzene rings is 1. The number of primary amides is 1. The lowest BCUT2D eigenvalue weighted by molar-refractivity contribution is -0.120. The minimum atomic E-state index is -3.86. The Kier molecular flexibility index (Phi) is 4.18. The second kappa shape index (κ2) is 5.73. The van der Waals surface area contributed by atoms with Gasteiger partial charge in [-0.3, -0.25) is 4.79 Å². The van der Waals surface area contributed by atoms with E-state index in [9.17, 15) is 13.2 Å². The van der Waals surface area contributed by atoms with E-state index in [4.69, 9.17) is 5.73 Å². The zero-order valence-electron chi connectivity index (χ0n) is 11.7. The third-order valence-corrected chi connectivity index (χ3v) is 6.13. The van der Waals surface area contributed by atoms with E-state index in [0.29, 0.717) is 6.42 Å². The molecular formula is C15H18N2O3S. The van der Waals surface area contributed by atoms with Crippen LogP contribution in [0.3, 0.4) is 0 Å². The van der Waals surface area contributed by atoms with Crippen LogP contribution in [0.1, 0.15) is 18.9 Å². The molecule has 0 aliphatic carbocycles. The van der Waals surface area contributed by atoms with Crippen molar-refractivity contribution >= 4 is 15.7 Å². The van der Waals surface area contributed by atoms with Gasteiger partial charge in [0.05, 0.1) is 0 Å². The largest absolute Gasteiger partial charge is 0.368 e. The highest BCUT2D eigenvalue weighted by Crippen LogP contribution is 2.29. The highest BCUT2D eigenvalue weighted by Gasteiger charge is 2.45. The summed E-state index contributed by atoms with van der Waals surface area (Å²) in [5, 5.41) is 0.0110. The Morgan fingerprint density at radius 3 is 2.38 bits per heavy atom. The van der Waals surface area contributed by atoms with Crippen molar-refractivity contribution in [2.24, 2.45) is 5.73 Å². The topological polar surface area (TPSA) is 93.0 Å². The average Bonchev–Trinajstić information content (AvgIpc) is 3.00. The molecular weight excluding hydrogens is 288 g/mol. The van der Waals surface area contributed by atoms with Gasteiger partial charge in [0.1, 0.15) is 5.03 Å². The van der Waals surface area contributed by atoms with E-state index in [1.54, 1.807) is 6.07 Å². The molecule has 0 saturated carbocycles. The number of carbonyl (C=O) groups is 1. The predicted octanol–water partition coefficient (Wildman–Crippen LogP) is 1.67. The molecule has 1 unspecified atom stereocenters. The fourth-order valence-electron chi connectivity index (χ4n) is 2.14. The van der Waals surface area contributed by atoms with Gasteiger partial charge in [0.15, 0.2) is 4.75 Å². The van der Waals surface area contributed by atoms with Crippen LogP contribution in [0.15, 0.2) is 53.7 Å². The molecule has 0 aliphatic heterocycles. The summed E-state index contributed by atoms with van der Waals surface area (Å²) >= 11 is 0. The van der Waals surface area contributed by atoms with Gasteiger partial charge < -0.3 is 10.7 Å². The molecule has 1 aromatic heterocycles. The van der Waals surface area contributed by atoms with Crippen molar-refractivity contribution in [3.63, 3.8) is 0 Å². The van der Waals surface area contributed by atoms with Crippen LogP contribution in [-0.2, 0) is 21.1 Å². The van der Waals surface area contributed by atoms with Gasteiger partial charge in [-0.2, -0.15) is 0 Å². The van der Waals surface area contributed by atoms with E-state index in [-0.39, 0.29) is 11.4 Å². The van der Waals surface area contributed by atoms with Crippen LogP contribution in [0, 0.1) is 0 Å². The van der Waals surface area contributed by atoms with Gasteiger partial charge in [-0.25, -0.2) is 8.42 Å². The van der Waals surface area contributed by atoms with Crippen molar-refractivity contribution in [3.05, 3.63) is 54.2 Å². The number of rotatable bonds is 6. The molecule has 1 atom stereocenters. The van der Waals surface area contributed by atoms with Crippen molar-refractivity contribution in [1.29, 1.82) is 0 Å². The smallest absolute Gasteiger partial charge is 0.239 e. The fourth-order valence-corrected chi connectivity index (χ4v) is 3.74. The molecule has 0 radical (unpaired) electrons. The zero-order valence-corrected chi connectivity index (χ0v) is 12.6. The second-order valence-electron chi connectivity index (χ2n) is 5.12. The SMILES string of the molecule is CC(CCc1ccccc1)(C(N)=O)S(=O)(=O)c1ccc[nH]1. The number of aryl methyl sites for hydroxylation is 1. The number of nitrogens with two attached hydrogens (primary N) is 1. The van der Waals surface area contributed by atoms with Crippen LogP contribution in [0.25, 0.3) is 0 Å². The highest BCUT2D eigenvalue weighted by molar-refractivity contribution is 7.93. The van der Waals surface area contributed by atoms with Gasteiger partial charge in [0.2, 0.25) is 15.7 Å². The van der Waals surface area contributed by atoms with Crippen LogP contribution in [0.4, 0.5) is 0 Å². The molecule has 6 heteroatoms. The number of carbonyl (C=O) groups excluding carboxylic acids is 1. The van der Waals surface area contributed by atoms with Crippen LogP contribution in [-0.4, -0.2) is 24.1 Å². The van der Waals surface area contributed by atoms with E-state index in [1.165, 1.54) is 19.2 Å². The first kappa shape index (κ1) is 15.3. The van der Waals surface area contributed by atoms with E-state index in [2.05, 4.69) is 4.98 Å². The number of hydrogen-bond acceptors (Lipinski definition) is 3. The van der Waals surface area contributed by atoms with Gasteiger partial charge in [0.25, 0.3) is 0 Å². The van der Waals surface area contributed by atoms with Gasteiger partial charge in [-0.05, 0) is 37.5 Å². The monoisotopic (exact) mass is 306 g/mol. The van der Waals surface area contributed by atoms with Crippen molar-refractivity contribution in [3.8, 4) is 0 Å². The van der Waals surface area contributed by atoms with E-state index in [1.807, 2.05) is 30.3 Å². The summed E-state index contributed by atoms with van der Waals surface area (Å²) in [4.78, 5) is 14.5. The van der Waals surface area contributed by atoms with Gasteiger partial charge in [-0.15, -0.1) is 0 Å².